The van der Waals surface area contributed by atoms with Crippen molar-refractivity contribution >= 4 is 21.6 Å². The van der Waals surface area contributed by atoms with Crippen LogP contribution in [0, 0.1) is 0 Å². The van der Waals surface area contributed by atoms with Crippen LogP contribution in [-0.4, -0.2) is 39.8 Å². The second-order valence-corrected chi connectivity index (χ2v) is 10.7. The van der Waals surface area contributed by atoms with Gasteiger partial charge >= 0.3 is 0 Å². The third kappa shape index (κ3) is 5.27. The fourth-order valence-electron chi connectivity index (χ4n) is 4.45. The summed E-state index contributed by atoms with van der Waals surface area (Å²) in [5.41, 5.74) is 4.21. The van der Waals surface area contributed by atoms with Gasteiger partial charge in [0, 0.05) is 6.07 Å². The van der Waals surface area contributed by atoms with E-state index < -0.39 is 10.0 Å². The summed E-state index contributed by atoms with van der Waals surface area (Å²) in [7, 11) is -3.68. The summed E-state index contributed by atoms with van der Waals surface area (Å²) in [6.07, 6.45) is 5.31. The molecule has 0 spiro atoms. The number of benzene rings is 2. The molecule has 2 aromatic rings. The minimum absolute atomic E-state index is 0.114. The number of nitrogens with zero attached hydrogens (tertiary/aromatic N) is 1. The third-order valence-electron chi connectivity index (χ3n) is 6.32. The number of hydrogen-bond acceptors (Lipinski definition) is 5. The van der Waals surface area contributed by atoms with Crippen molar-refractivity contribution in [3.63, 3.8) is 0 Å². The van der Waals surface area contributed by atoms with E-state index in [9.17, 15) is 13.2 Å². The molecular formula is C25H32N2O5S. The first-order valence-corrected chi connectivity index (χ1v) is 13.3. The number of carbonyl (C=O) groups is 1. The van der Waals surface area contributed by atoms with E-state index in [4.69, 9.17) is 9.47 Å². The summed E-state index contributed by atoms with van der Waals surface area (Å²) < 4.78 is 38.0. The van der Waals surface area contributed by atoms with E-state index in [-0.39, 0.29) is 24.2 Å². The Morgan fingerprint density at radius 1 is 1.00 bits per heavy atom. The number of sulfonamides is 1. The molecule has 0 saturated heterocycles. The second kappa shape index (κ2) is 10.0. The lowest BCUT2D eigenvalue weighted by Gasteiger charge is -2.27. The van der Waals surface area contributed by atoms with E-state index in [1.165, 1.54) is 24.0 Å². The van der Waals surface area contributed by atoms with Crippen LogP contribution < -0.4 is 19.1 Å². The van der Waals surface area contributed by atoms with Gasteiger partial charge in [-0.3, -0.25) is 9.10 Å². The largest absolute Gasteiger partial charge is 0.486 e. The summed E-state index contributed by atoms with van der Waals surface area (Å²) in [5.74, 6) is 0.598. The number of carbonyl (C=O) groups excluding carboxylic acids is 1. The maximum atomic E-state index is 13.0. The van der Waals surface area contributed by atoms with Crippen molar-refractivity contribution in [3.05, 3.63) is 53.1 Å². The molecule has 4 rings (SSSR count). The number of amides is 1. The number of anilines is 1. The maximum absolute atomic E-state index is 13.0. The SMILES string of the molecule is CCC(NC(=O)CN(c1ccc2c(c1)OCCO2)S(=O)(=O)CC)c1ccc2c(c1)CCCC2. The number of fused-ring (bicyclic) bond motifs is 2. The highest BCUT2D eigenvalue weighted by atomic mass is 32.2. The van der Waals surface area contributed by atoms with Crippen molar-refractivity contribution in [1.82, 2.24) is 5.32 Å². The van der Waals surface area contributed by atoms with Crippen LogP contribution in [0.5, 0.6) is 11.5 Å². The molecule has 1 atom stereocenters. The third-order valence-corrected chi connectivity index (χ3v) is 8.06. The zero-order chi connectivity index (χ0) is 23.4. The highest BCUT2D eigenvalue weighted by molar-refractivity contribution is 7.92. The molecule has 0 saturated carbocycles. The molecule has 0 radical (unpaired) electrons. The summed E-state index contributed by atoms with van der Waals surface area (Å²) >= 11 is 0. The Labute approximate surface area is 196 Å². The van der Waals surface area contributed by atoms with Gasteiger partial charge in [-0.15, -0.1) is 0 Å². The highest BCUT2D eigenvalue weighted by Crippen LogP contribution is 2.35. The summed E-state index contributed by atoms with van der Waals surface area (Å²) in [6, 6.07) is 11.2. The Morgan fingerprint density at radius 2 is 1.73 bits per heavy atom. The Hall–Kier alpha value is -2.74. The van der Waals surface area contributed by atoms with Crippen LogP contribution in [0.15, 0.2) is 36.4 Å². The molecule has 1 aliphatic heterocycles. The number of ether oxygens (including phenoxy) is 2. The molecule has 2 aliphatic rings. The Morgan fingerprint density at radius 3 is 2.45 bits per heavy atom. The lowest BCUT2D eigenvalue weighted by Crippen LogP contribution is -2.42. The van der Waals surface area contributed by atoms with Crippen molar-refractivity contribution in [2.45, 2.75) is 52.0 Å². The Bertz CT molecular complexity index is 1120. The van der Waals surface area contributed by atoms with Gasteiger partial charge in [0.05, 0.1) is 17.5 Å². The lowest BCUT2D eigenvalue weighted by atomic mass is 9.89. The van der Waals surface area contributed by atoms with Gasteiger partial charge in [-0.05, 0) is 67.9 Å². The standard InChI is InChI=1S/C25H32N2O5S/c1-3-22(20-10-9-18-7-5-6-8-19(18)15-20)26-25(28)17-27(33(29,30)4-2)21-11-12-23-24(16-21)32-14-13-31-23/h9-12,15-16,22H,3-8,13-14,17H2,1-2H3,(H,26,28). The Kier molecular flexibility index (Phi) is 7.12. The summed E-state index contributed by atoms with van der Waals surface area (Å²) in [5, 5.41) is 3.05. The molecule has 33 heavy (non-hydrogen) atoms. The van der Waals surface area contributed by atoms with Gasteiger partial charge in [0.15, 0.2) is 11.5 Å². The van der Waals surface area contributed by atoms with Crippen molar-refractivity contribution in [1.29, 1.82) is 0 Å². The van der Waals surface area contributed by atoms with Gasteiger partial charge in [-0.25, -0.2) is 8.42 Å². The van der Waals surface area contributed by atoms with Crippen LogP contribution in [0.4, 0.5) is 5.69 Å². The summed E-state index contributed by atoms with van der Waals surface area (Å²) in [4.78, 5) is 13.0. The average Bonchev–Trinajstić information content (AvgIpc) is 2.85. The van der Waals surface area contributed by atoms with Crippen LogP contribution in [-0.2, 0) is 27.7 Å². The van der Waals surface area contributed by atoms with Gasteiger partial charge in [-0.2, -0.15) is 0 Å². The molecule has 0 bridgehead atoms. The average molecular weight is 473 g/mol. The van der Waals surface area contributed by atoms with Gasteiger partial charge < -0.3 is 14.8 Å². The summed E-state index contributed by atoms with van der Waals surface area (Å²) in [6.45, 7) is 4.15. The van der Waals surface area contributed by atoms with Crippen molar-refractivity contribution in [2.24, 2.45) is 0 Å². The first-order valence-electron chi connectivity index (χ1n) is 11.7. The van der Waals surface area contributed by atoms with E-state index in [1.807, 2.05) is 6.92 Å². The molecule has 0 aromatic heterocycles. The zero-order valence-corrected chi connectivity index (χ0v) is 20.1. The number of rotatable bonds is 8. The zero-order valence-electron chi connectivity index (χ0n) is 19.3. The van der Waals surface area contributed by atoms with Gasteiger partial charge in [0.2, 0.25) is 15.9 Å². The van der Waals surface area contributed by atoms with Crippen LogP contribution in [0.2, 0.25) is 0 Å². The highest BCUT2D eigenvalue weighted by Gasteiger charge is 2.26. The van der Waals surface area contributed by atoms with Crippen LogP contribution in [0.1, 0.15) is 55.8 Å². The van der Waals surface area contributed by atoms with Gasteiger partial charge in [0.1, 0.15) is 19.8 Å². The molecule has 1 aliphatic carbocycles. The van der Waals surface area contributed by atoms with E-state index >= 15 is 0 Å². The first-order chi connectivity index (χ1) is 15.9. The first kappa shape index (κ1) is 23.4. The minimum Gasteiger partial charge on any atom is -0.486 e. The molecule has 0 fully saturated rings. The molecule has 1 amide bonds. The molecule has 178 valence electrons. The number of hydrogen-bond donors (Lipinski definition) is 1. The van der Waals surface area contributed by atoms with E-state index in [0.717, 1.165) is 29.1 Å². The maximum Gasteiger partial charge on any atom is 0.241 e. The van der Waals surface area contributed by atoms with Gasteiger partial charge in [0.25, 0.3) is 0 Å². The van der Waals surface area contributed by atoms with Crippen molar-refractivity contribution in [3.8, 4) is 11.5 Å². The predicted octanol–water partition coefficient (Wildman–Crippen LogP) is 3.76. The van der Waals surface area contributed by atoms with Crippen LogP contribution >= 0.6 is 0 Å². The smallest absolute Gasteiger partial charge is 0.241 e. The lowest BCUT2D eigenvalue weighted by molar-refractivity contribution is -0.120. The minimum atomic E-state index is -3.68. The molecule has 2 aromatic carbocycles. The molecule has 7 nitrogen and oxygen atoms in total. The molecular weight excluding hydrogens is 440 g/mol. The Balaban J connectivity index is 1.53. The van der Waals surface area contributed by atoms with E-state index in [0.29, 0.717) is 30.4 Å². The van der Waals surface area contributed by atoms with Crippen molar-refractivity contribution in [2.75, 3.05) is 29.8 Å². The quantitative estimate of drug-likeness (QED) is 0.632. The monoisotopic (exact) mass is 472 g/mol. The van der Waals surface area contributed by atoms with E-state index in [1.54, 1.807) is 25.1 Å². The van der Waals surface area contributed by atoms with Crippen LogP contribution in [0.3, 0.4) is 0 Å². The molecule has 8 heteroatoms. The van der Waals surface area contributed by atoms with Gasteiger partial charge in [-0.1, -0.05) is 25.1 Å². The topological polar surface area (TPSA) is 84.9 Å². The normalized spacial score (nSPS) is 15.9. The fourth-order valence-corrected chi connectivity index (χ4v) is 5.52. The predicted molar refractivity (Wildman–Crippen MR) is 128 cm³/mol. The van der Waals surface area contributed by atoms with Crippen LogP contribution in [0.25, 0.3) is 0 Å². The fraction of sp³-hybridized carbons (Fsp3) is 0.480. The van der Waals surface area contributed by atoms with E-state index in [2.05, 4.69) is 23.5 Å². The molecule has 1 N–H and O–H groups in total. The number of aryl methyl sites for hydroxylation is 2. The number of nitrogens with one attached hydrogen (secondary N) is 1. The molecule has 1 unspecified atom stereocenters. The molecule has 1 heterocycles. The second-order valence-electron chi connectivity index (χ2n) is 8.50. The van der Waals surface area contributed by atoms with Crippen molar-refractivity contribution < 1.29 is 22.7 Å².